The fraction of sp³-hybridized carbons (Fsp3) is 0.125. The molecular weight excluding hydrogens is 315 g/mol. The third kappa shape index (κ3) is 2.11. The van der Waals surface area contributed by atoms with Crippen LogP contribution in [-0.4, -0.2) is 4.98 Å². The summed E-state index contributed by atoms with van der Waals surface area (Å²) >= 11 is 9.51. The summed E-state index contributed by atoms with van der Waals surface area (Å²) < 4.78 is 38.1. The van der Waals surface area contributed by atoms with Gasteiger partial charge in [0.2, 0.25) is 0 Å². The number of halogens is 5. The van der Waals surface area contributed by atoms with Crippen LogP contribution in [0.3, 0.4) is 0 Å². The molecule has 0 bridgehead atoms. The van der Waals surface area contributed by atoms with E-state index in [2.05, 4.69) is 20.9 Å². The molecule has 0 amide bonds. The Morgan fingerprint density at radius 3 is 2.60 bits per heavy atom. The first-order valence-electron chi connectivity index (χ1n) is 3.71. The number of aromatic nitrogens is 1. The zero-order valence-corrected chi connectivity index (χ0v) is 10.1. The minimum absolute atomic E-state index is 0.192. The number of fused-ring (bicyclic) bond motifs is 1. The summed E-state index contributed by atoms with van der Waals surface area (Å²) in [4.78, 5) is 3.47. The maximum atomic E-state index is 12.4. The third-order valence-corrected chi connectivity index (χ3v) is 3.45. The fourth-order valence-electron chi connectivity index (χ4n) is 1.08. The van der Waals surface area contributed by atoms with Crippen LogP contribution in [0, 0.1) is 0 Å². The number of benzene rings is 1. The van der Waals surface area contributed by atoms with Crippen LogP contribution in [0.2, 0.25) is 5.02 Å². The highest BCUT2D eigenvalue weighted by Crippen LogP contribution is 2.38. The van der Waals surface area contributed by atoms with Crippen molar-refractivity contribution in [2.24, 2.45) is 0 Å². The standard InChI is InChI=1S/C8H2BrClF3NS/c9-3-1-4(10)6-5(2-3)15-7(14-6)8(11,12)13/h1-2H. The number of hydrogen-bond donors (Lipinski definition) is 0. The van der Waals surface area contributed by atoms with Crippen molar-refractivity contribution in [3.05, 3.63) is 26.6 Å². The smallest absolute Gasteiger partial charge is 0.230 e. The first-order chi connectivity index (χ1) is 6.88. The highest BCUT2D eigenvalue weighted by Gasteiger charge is 2.35. The Kier molecular flexibility index (Phi) is 2.68. The average Bonchev–Trinajstić information content (AvgIpc) is 2.46. The van der Waals surface area contributed by atoms with Gasteiger partial charge in [-0.25, -0.2) is 4.98 Å². The number of rotatable bonds is 0. The molecule has 0 spiro atoms. The predicted octanol–water partition coefficient (Wildman–Crippen LogP) is 4.73. The van der Waals surface area contributed by atoms with Gasteiger partial charge in [0.1, 0.15) is 5.52 Å². The Bertz CT molecular complexity index is 522. The molecule has 0 radical (unpaired) electrons. The van der Waals surface area contributed by atoms with Crippen molar-refractivity contribution in [1.29, 1.82) is 0 Å². The third-order valence-electron chi connectivity index (χ3n) is 1.66. The molecule has 1 nitrogen and oxygen atoms in total. The molecule has 0 aliphatic carbocycles. The topological polar surface area (TPSA) is 12.9 Å². The monoisotopic (exact) mass is 315 g/mol. The van der Waals surface area contributed by atoms with E-state index in [1.54, 1.807) is 6.07 Å². The molecule has 0 N–H and O–H groups in total. The summed E-state index contributed by atoms with van der Waals surface area (Å²) in [5.41, 5.74) is 0.192. The molecule has 0 aliphatic heterocycles. The van der Waals surface area contributed by atoms with Crippen molar-refractivity contribution in [3.8, 4) is 0 Å². The van der Waals surface area contributed by atoms with Crippen LogP contribution in [0.15, 0.2) is 16.6 Å². The lowest BCUT2D eigenvalue weighted by molar-refractivity contribution is -0.137. The Balaban J connectivity index is 2.71. The summed E-state index contributed by atoms with van der Waals surface area (Å²) in [6, 6.07) is 3.08. The maximum absolute atomic E-state index is 12.4. The fourth-order valence-corrected chi connectivity index (χ4v) is 3.04. The molecule has 0 atom stereocenters. The second kappa shape index (κ2) is 3.61. The van der Waals surface area contributed by atoms with Crippen molar-refractivity contribution in [2.75, 3.05) is 0 Å². The van der Waals surface area contributed by atoms with Gasteiger partial charge in [0.25, 0.3) is 0 Å². The van der Waals surface area contributed by atoms with Gasteiger partial charge in [-0.3, -0.25) is 0 Å². The van der Waals surface area contributed by atoms with Gasteiger partial charge in [-0.15, -0.1) is 11.3 Å². The summed E-state index contributed by atoms with van der Waals surface area (Å²) in [6.45, 7) is 0. The number of hydrogen-bond acceptors (Lipinski definition) is 2. The second-order valence-electron chi connectivity index (χ2n) is 2.75. The number of alkyl halides is 3. The van der Waals surface area contributed by atoms with Crippen LogP contribution in [0.5, 0.6) is 0 Å². The molecule has 80 valence electrons. The van der Waals surface area contributed by atoms with E-state index in [0.717, 1.165) is 0 Å². The summed E-state index contributed by atoms with van der Waals surface area (Å²) in [6.07, 6.45) is -4.42. The minimum Gasteiger partial charge on any atom is -0.230 e. The number of nitrogens with zero attached hydrogens (tertiary/aromatic N) is 1. The molecule has 2 aromatic rings. The van der Waals surface area contributed by atoms with E-state index in [1.807, 2.05) is 0 Å². The second-order valence-corrected chi connectivity index (χ2v) is 5.10. The zero-order chi connectivity index (χ0) is 11.2. The van der Waals surface area contributed by atoms with Crippen molar-refractivity contribution in [3.63, 3.8) is 0 Å². The van der Waals surface area contributed by atoms with Gasteiger partial charge in [0.15, 0.2) is 5.01 Å². The van der Waals surface area contributed by atoms with Crippen LogP contribution < -0.4 is 0 Å². The molecular formula is C8H2BrClF3NS. The Hall–Kier alpha value is -0.330. The average molecular weight is 317 g/mol. The van der Waals surface area contributed by atoms with Crippen LogP contribution >= 0.6 is 38.9 Å². The SMILES string of the molecule is FC(F)(F)c1nc2c(Cl)cc(Br)cc2s1. The molecule has 1 aromatic carbocycles. The van der Waals surface area contributed by atoms with Crippen LogP contribution in [-0.2, 0) is 6.18 Å². The quantitative estimate of drug-likeness (QED) is 0.684. The minimum atomic E-state index is -4.42. The Morgan fingerprint density at radius 1 is 1.33 bits per heavy atom. The lowest BCUT2D eigenvalue weighted by Gasteiger charge is -1.98. The van der Waals surface area contributed by atoms with E-state index in [-0.39, 0.29) is 10.5 Å². The van der Waals surface area contributed by atoms with Crippen LogP contribution in [0.25, 0.3) is 10.2 Å². The van der Waals surface area contributed by atoms with Crippen molar-refractivity contribution in [1.82, 2.24) is 4.98 Å². The first kappa shape index (κ1) is 11.2. The van der Waals surface area contributed by atoms with Gasteiger partial charge in [-0.1, -0.05) is 27.5 Å². The van der Waals surface area contributed by atoms with Gasteiger partial charge in [0.05, 0.1) is 9.72 Å². The largest absolute Gasteiger partial charge is 0.443 e. The first-order valence-corrected chi connectivity index (χ1v) is 5.69. The van der Waals surface area contributed by atoms with E-state index >= 15 is 0 Å². The molecule has 0 unspecified atom stereocenters. The Morgan fingerprint density at radius 2 is 2.00 bits per heavy atom. The van der Waals surface area contributed by atoms with Crippen molar-refractivity contribution < 1.29 is 13.2 Å². The summed E-state index contributed by atoms with van der Waals surface area (Å²) in [7, 11) is 0. The molecule has 0 saturated heterocycles. The van der Waals surface area contributed by atoms with Gasteiger partial charge in [-0.2, -0.15) is 13.2 Å². The highest BCUT2D eigenvalue weighted by atomic mass is 79.9. The molecule has 15 heavy (non-hydrogen) atoms. The summed E-state index contributed by atoms with van der Waals surface area (Å²) in [5, 5.41) is -0.663. The molecule has 1 heterocycles. The Labute approximate surface area is 100 Å². The van der Waals surface area contributed by atoms with Crippen LogP contribution in [0.4, 0.5) is 13.2 Å². The normalized spacial score (nSPS) is 12.3. The van der Waals surface area contributed by atoms with E-state index < -0.39 is 11.2 Å². The van der Waals surface area contributed by atoms with E-state index in [0.29, 0.717) is 20.5 Å². The van der Waals surface area contributed by atoms with Gasteiger partial charge in [0, 0.05) is 4.47 Å². The molecule has 7 heteroatoms. The molecule has 0 aliphatic rings. The summed E-state index contributed by atoms with van der Waals surface area (Å²) in [5.74, 6) is 0. The highest BCUT2D eigenvalue weighted by molar-refractivity contribution is 9.10. The van der Waals surface area contributed by atoms with Crippen LogP contribution in [0.1, 0.15) is 5.01 Å². The molecule has 0 saturated carbocycles. The van der Waals surface area contributed by atoms with E-state index in [1.165, 1.54) is 6.07 Å². The van der Waals surface area contributed by atoms with Crippen molar-refractivity contribution >= 4 is 49.1 Å². The van der Waals surface area contributed by atoms with Crippen molar-refractivity contribution in [2.45, 2.75) is 6.18 Å². The van der Waals surface area contributed by atoms with E-state index in [4.69, 9.17) is 11.6 Å². The lowest BCUT2D eigenvalue weighted by atomic mass is 10.3. The maximum Gasteiger partial charge on any atom is 0.443 e. The molecule has 2 rings (SSSR count). The lowest BCUT2D eigenvalue weighted by Crippen LogP contribution is -2.03. The molecule has 0 fully saturated rings. The van der Waals surface area contributed by atoms with E-state index in [9.17, 15) is 13.2 Å². The predicted molar refractivity (Wildman–Crippen MR) is 57.3 cm³/mol. The zero-order valence-electron chi connectivity index (χ0n) is 6.90. The number of thiazole rings is 1. The van der Waals surface area contributed by atoms with Gasteiger partial charge in [-0.05, 0) is 12.1 Å². The molecule has 1 aromatic heterocycles. The van der Waals surface area contributed by atoms with Gasteiger partial charge < -0.3 is 0 Å². The van der Waals surface area contributed by atoms with Gasteiger partial charge >= 0.3 is 6.18 Å².